The molecule has 2 rings (SSSR count). The van der Waals surface area contributed by atoms with E-state index >= 15 is 0 Å². The number of imidazole rings is 1. The number of nitrogens with zero attached hydrogens (tertiary/aromatic N) is 3. The zero-order chi connectivity index (χ0) is 13.1. The van der Waals surface area contributed by atoms with Gasteiger partial charge >= 0.3 is 0 Å². The molecule has 0 amide bonds. The van der Waals surface area contributed by atoms with Crippen molar-refractivity contribution in [2.75, 3.05) is 5.75 Å². The number of benzene rings is 1. The molecular weight excluding hydrogens is 246 g/mol. The third-order valence-electron chi connectivity index (χ3n) is 2.70. The summed E-state index contributed by atoms with van der Waals surface area (Å²) in [6, 6.07) is 7.42. The fourth-order valence-corrected chi connectivity index (χ4v) is 2.78. The van der Waals surface area contributed by atoms with Crippen molar-refractivity contribution in [3.05, 3.63) is 36.2 Å². The van der Waals surface area contributed by atoms with Gasteiger partial charge in [0.05, 0.1) is 11.1 Å². The largest absolute Gasteiger partial charge is 0.611 e. The van der Waals surface area contributed by atoms with Gasteiger partial charge in [0.2, 0.25) is 0 Å². The number of nitriles is 1. The van der Waals surface area contributed by atoms with Gasteiger partial charge in [0.1, 0.15) is 17.6 Å². The maximum atomic E-state index is 12.1. The van der Waals surface area contributed by atoms with Gasteiger partial charge in [-0.3, -0.25) is 0 Å². The van der Waals surface area contributed by atoms with Gasteiger partial charge < -0.3 is 9.12 Å². The molecule has 0 aliphatic heterocycles. The Bertz CT molecular complexity index is 601. The molecule has 1 aromatic carbocycles. The van der Waals surface area contributed by atoms with Gasteiger partial charge in [-0.05, 0) is 30.2 Å². The average Bonchev–Trinajstić information content (AvgIpc) is 2.82. The molecule has 0 bridgehead atoms. The van der Waals surface area contributed by atoms with Crippen LogP contribution in [0.4, 0.5) is 0 Å². The molecule has 0 radical (unpaired) electrons. The third-order valence-corrected chi connectivity index (χ3v) is 4.05. The van der Waals surface area contributed by atoms with E-state index in [0.717, 1.165) is 0 Å². The molecule has 0 N–H and O–H groups in total. The lowest BCUT2D eigenvalue weighted by molar-refractivity contribution is 0.596. The van der Waals surface area contributed by atoms with E-state index in [2.05, 4.69) is 11.1 Å². The van der Waals surface area contributed by atoms with E-state index in [-0.39, 0.29) is 0 Å². The number of aryl methyl sites for hydroxylation is 1. The van der Waals surface area contributed by atoms with Crippen LogP contribution in [0.25, 0.3) is 11.4 Å². The summed E-state index contributed by atoms with van der Waals surface area (Å²) in [5.74, 6) is 1.19. The minimum atomic E-state index is -1.11. The monoisotopic (exact) mass is 259 g/mol. The van der Waals surface area contributed by atoms with Crippen molar-refractivity contribution in [3.63, 3.8) is 0 Å². The number of hydrogen-bond acceptors (Lipinski definition) is 3. The van der Waals surface area contributed by atoms with Gasteiger partial charge in [-0.25, -0.2) is 4.98 Å². The molecule has 92 valence electrons. The highest BCUT2D eigenvalue weighted by atomic mass is 32.2. The molecule has 0 aliphatic rings. The number of rotatable bonds is 3. The van der Waals surface area contributed by atoms with E-state index in [0.29, 0.717) is 27.6 Å². The maximum absolute atomic E-state index is 12.1. The third kappa shape index (κ3) is 2.13. The second-order valence-corrected chi connectivity index (χ2v) is 5.49. The standard InChI is InChI=1S/C13H13N3OS/c1-3-18(17)11-6-4-5-10(9-14)12(11)13-15-7-8-16(13)2/h4-8H,3H2,1-2H3. The van der Waals surface area contributed by atoms with Crippen LogP contribution in [0.2, 0.25) is 0 Å². The van der Waals surface area contributed by atoms with Gasteiger partial charge in [0.15, 0.2) is 4.90 Å². The SMILES string of the molecule is CC[S+]([O-])c1cccc(C#N)c1-c1nccn1C. The second-order valence-electron chi connectivity index (χ2n) is 3.79. The van der Waals surface area contributed by atoms with E-state index < -0.39 is 11.2 Å². The molecular formula is C13H13N3OS. The van der Waals surface area contributed by atoms with Crippen molar-refractivity contribution in [2.45, 2.75) is 11.8 Å². The number of aromatic nitrogens is 2. The van der Waals surface area contributed by atoms with Crippen LogP contribution < -0.4 is 0 Å². The van der Waals surface area contributed by atoms with Crippen LogP contribution in [0.1, 0.15) is 12.5 Å². The Morgan fingerprint density at radius 1 is 1.50 bits per heavy atom. The predicted molar refractivity (Wildman–Crippen MR) is 70.3 cm³/mol. The van der Waals surface area contributed by atoms with Crippen LogP contribution in [0.3, 0.4) is 0 Å². The Morgan fingerprint density at radius 3 is 2.83 bits per heavy atom. The van der Waals surface area contributed by atoms with Crippen LogP contribution in [0, 0.1) is 11.3 Å². The molecule has 5 heteroatoms. The van der Waals surface area contributed by atoms with Crippen molar-refractivity contribution in [1.82, 2.24) is 9.55 Å². The Labute approximate surface area is 109 Å². The molecule has 0 aliphatic carbocycles. The highest BCUT2D eigenvalue weighted by molar-refractivity contribution is 7.91. The lowest BCUT2D eigenvalue weighted by Crippen LogP contribution is -2.08. The van der Waals surface area contributed by atoms with Crippen LogP contribution in [-0.4, -0.2) is 19.9 Å². The van der Waals surface area contributed by atoms with Crippen molar-refractivity contribution in [1.29, 1.82) is 5.26 Å². The normalized spacial score (nSPS) is 12.1. The molecule has 18 heavy (non-hydrogen) atoms. The molecule has 1 heterocycles. The summed E-state index contributed by atoms with van der Waals surface area (Å²) in [4.78, 5) is 4.92. The molecule has 1 atom stereocenters. The van der Waals surface area contributed by atoms with Crippen molar-refractivity contribution in [2.24, 2.45) is 7.05 Å². The first-order valence-electron chi connectivity index (χ1n) is 5.58. The lowest BCUT2D eigenvalue weighted by atomic mass is 10.1. The quantitative estimate of drug-likeness (QED) is 0.793. The van der Waals surface area contributed by atoms with E-state index in [4.69, 9.17) is 0 Å². The molecule has 0 fully saturated rings. The Hall–Kier alpha value is -1.77. The summed E-state index contributed by atoms with van der Waals surface area (Å²) in [7, 11) is 1.86. The zero-order valence-electron chi connectivity index (χ0n) is 10.3. The molecule has 0 saturated carbocycles. The summed E-state index contributed by atoms with van der Waals surface area (Å²) in [5, 5.41) is 9.20. The Morgan fingerprint density at radius 2 is 2.28 bits per heavy atom. The van der Waals surface area contributed by atoms with Gasteiger partial charge in [-0.2, -0.15) is 5.26 Å². The zero-order valence-corrected chi connectivity index (χ0v) is 11.1. The lowest BCUT2D eigenvalue weighted by Gasteiger charge is -2.13. The molecule has 0 spiro atoms. The highest BCUT2D eigenvalue weighted by Crippen LogP contribution is 2.29. The minimum absolute atomic E-state index is 0.503. The summed E-state index contributed by atoms with van der Waals surface area (Å²) < 4.78 is 13.9. The second kappa shape index (κ2) is 5.25. The summed E-state index contributed by atoms with van der Waals surface area (Å²) >= 11 is -1.11. The summed E-state index contributed by atoms with van der Waals surface area (Å²) in [6.07, 6.45) is 3.48. The smallest absolute Gasteiger partial charge is 0.164 e. The van der Waals surface area contributed by atoms with Gasteiger partial charge in [0, 0.05) is 19.4 Å². The summed E-state index contributed by atoms with van der Waals surface area (Å²) in [5.41, 5.74) is 1.18. The Balaban J connectivity index is 2.71. The van der Waals surface area contributed by atoms with Crippen molar-refractivity contribution >= 4 is 11.2 Å². The van der Waals surface area contributed by atoms with Crippen LogP contribution in [0.5, 0.6) is 0 Å². The maximum Gasteiger partial charge on any atom is 0.164 e. The van der Waals surface area contributed by atoms with Crippen molar-refractivity contribution in [3.8, 4) is 17.5 Å². The first-order chi connectivity index (χ1) is 8.69. The average molecular weight is 259 g/mol. The van der Waals surface area contributed by atoms with Crippen molar-refractivity contribution < 1.29 is 4.55 Å². The van der Waals surface area contributed by atoms with Gasteiger partial charge in [-0.1, -0.05) is 6.07 Å². The topological polar surface area (TPSA) is 64.7 Å². The molecule has 1 aromatic heterocycles. The first-order valence-corrected chi connectivity index (χ1v) is 6.90. The Kier molecular flexibility index (Phi) is 3.70. The van der Waals surface area contributed by atoms with E-state index in [1.807, 2.05) is 24.7 Å². The predicted octanol–water partition coefficient (Wildman–Crippen LogP) is 2.09. The fraction of sp³-hybridized carbons (Fsp3) is 0.231. The first kappa shape index (κ1) is 12.7. The summed E-state index contributed by atoms with van der Waals surface area (Å²) in [6.45, 7) is 1.86. The van der Waals surface area contributed by atoms with E-state index in [1.54, 1.807) is 24.4 Å². The van der Waals surface area contributed by atoms with Crippen LogP contribution in [0.15, 0.2) is 35.5 Å². The van der Waals surface area contributed by atoms with E-state index in [1.165, 1.54) is 0 Å². The van der Waals surface area contributed by atoms with Gasteiger partial charge in [-0.15, -0.1) is 0 Å². The van der Waals surface area contributed by atoms with Gasteiger partial charge in [0.25, 0.3) is 0 Å². The molecule has 4 nitrogen and oxygen atoms in total. The minimum Gasteiger partial charge on any atom is -0.611 e. The fourth-order valence-electron chi connectivity index (χ4n) is 1.81. The van der Waals surface area contributed by atoms with Crippen LogP contribution >= 0.6 is 0 Å². The molecule has 0 saturated heterocycles. The van der Waals surface area contributed by atoms with Crippen LogP contribution in [-0.2, 0) is 18.2 Å². The highest BCUT2D eigenvalue weighted by Gasteiger charge is 2.21. The number of hydrogen-bond donors (Lipinski definition) is 0. The molecule has 2 aromatic rings. The van der Waals surface area contributed by atoms with E-state index in [9.17, 15) is 9.81 Å². The molecule has 1 unspecified atom stereocenters.